The van der Waals surface area contributed by atoms with Crippen LogP contribution in [0.5, 0.6) is 0 Å². The van der Waals surface area contributed by atoms with Gasteiger partial charge in [0.05, 0.1) is 17.0 Å². The molecule has 1 aliphatic rings. The lowest BCUT2D eigenvalue weighted by Gasteiger charge is -2.26. The molecule has 0 N–H and O–H groups in total. The lowest BCUT2D eigenvalue weighted by atomic mass is 9.98. The van der Waals surface area contributed by atoms with Gasteiger partial charge < -0.3 is 14.2 Å². The highest BCUT2D eigenvalue weighted by molar-refractivity contribution is 7.98. The summed E-state index contributed by atoms with van der Waals surface area (Å²) in [7, 11) is 3.85. The van der Waals surface area contributed by atoms with Gasteiger partial charge in [-0.3, -0.25) is 9.59 Å². The van der Waals surface area contributed by atoms with E-state index in [0.717, 1.165) is 10.5 Å². The van der Waals surface area contributed by atoms with Gasteiger partial charge in [-0.05, 0) is 56.2 Å². The Morgan fingerprint density at radius 2 is 1.86 bits per heavy atom. The van der Waals surface area contributed by atoms with Gasteiger partial charge in [-0.15, -0.1) is 11.8 Å². The predicted molar refractivity (Wildman–Crippen MR) is 112 cm³/mol. The summed E-state index contributed by atoms with van der Waals surface area (Å²) in [4.78, 5) is 31.2. The highest BCUT2D eigenvalue weighted by Gasteiger charge is 2.42. The molecule has 0 saturated carbocycles. The van der Waals surface area contributed by atoms with Gasteiger partial charge in [0.25, 0.3) is 5.91 Å². The van der Waals surface area contributed by atoms with Crippen molar-refractivity contribution in [3.05, 3.63) is 75.4 Å². The Labute approximate surface area is 172 Å². The summed E-state index contributed by atoms with van der Waals surface area (Å²) in [6.45, 7) is 1.08. The Balaban J connectivity index is 1.92. The van der Waals surface area contributed by atoms with Crippen molar-refractivity contribution in [3.63, 3.8) is 0 Å². The molecule has 4 rings (SSSR count). The monoisotopic (exact) mass is 412 g/mol. The van der Waals surface area contributed by atoms with E-state index in [-0.39, 0.29) is 33.6 Å². The van der Waals surface area contributed by atoms with E-state index >= 15 is 0 Å². The second kappa shape index (κ2) is 7.65. The van der Waals surface area contributed by atoms with Gasteiger partial charge in [-0.25, -0.2) is 4.39 Å². The van der Waals surface area contributed by atoms with Crippen molar-refractivity contribution in [1.29, 1.82) is 0 Å². The number of thioether (sulfide) groups is 1. The maximum atomic E-state index is 13.8. The van der Waals surface area contributed by atoms with Crippen LogP contribution in [0.3, 0.4) is 0 Å². The quantitative estimate of drug-likeness (QED) is 0.598. The molecule has 1 aliphatic heterocycles. The largest absolute Gasteiger partial charge is 0.450 e. The van der Waals surface area contributed by atoms with Gasteiger partial charge in [-0.1, -0.05) is 12.1 Å². The first-order valence-corrected chi connectivity index (χ1v) is 10.5. The number of halogens is 1. The summed E-state index contributed by atoms with van der Waals surface area (Å²) < 4.78 is 19.6. The third-order valence-corrected chi connectivity index (χ3v) is 5.89. The first-order valence-electron chi connectivity index (χ1n) is 9.26. The lowest BCUT2D eigenvalue weighted by molar-refractivity contribution is 0.0716. The van der Waals surface area contributed by atoms with Crippen LogP contribution >= 0.6 is 11.8 Å². The van der Waals surface area contributed by atoms with Crippen LogP contribution in [0.1, 0.15) is 27.7 Å². The number of fused-ring (bicyclic) bond motifs is 2. The summed E-state index contributed by atoms with van der Waals surface area (Å²) in [6, 6.07) is 11.0. The number of benzene rings is 2. The second-order valence-corrected chi connectivity index (χ2v) is 8.17. The van der Waals surface area contributed by atoms with E-state index in [2.05, 4.69) is 0 Å². The van der Waals surface area contributed by atoms with Crippen LogP contribution in [-0.2, 0) is 0 Å². The smallest absolute Gasteiger partial charge is 0.290 e. The number of carbonyl (C=O) groups excluding carboxylic acids is 1. The number of rotatable bonds is 5. The van der Waals surface area contributed by atoms with Gasteiger partial charge in [0.1, 0.15) is 11.4 Å². The summed E-state index contributed by atoms with van der Waals surface area (Å²) >= 11 is 1.62. The number of nitrogens with zero attached hydrogens (tertiary/aromatic N) is 2. The van der Waals surface area contributed by atoms with Crippen molar-refractivity contribution in [2.75, 3.05) is 33.4 Å². The summed E-state index contributed by atoms with van der Waals surface area (Å²) in [5, 5.41) is 0.150. The fourth-order valence-electron chi connectivity index (χ4n) is 3.66. The van der Waals surface area contributed by atoms with Crippen LogP contribution < -0.4 is 5.43 Å². The minimum absolute atomic E-state index is 0.0480. The van der Waals surface area contributed by atoms with Crippen LogP contribution in [0.25, 0.3) is 11.0 Å². The zero-order chi connectivity index (χ0) is 20.7. The average molecular weight is 412 g/mol. The molecule has 29 heavy (non-hydrogen) atoms. The van der Waals surface area contributed by atoms with Gasteiger partial charge in [0.2, 0.25) is 5.76 Å². The third-order valence-electron chi connectivity index (χ3n) is 5.15. The normalized spacial score (nSPS) is 16.1. The van der Waals surface area contributed by atoms with Gasteiger partial charge >= 0.3 is 0 Å². The highest BCUT2D eigenvalue weighted by Crippen LogP contribution is 2.38. The number of likely N-dealkylation sites (N-methyl/N-ethyl adjacent to an activating group) is 1. The van der Waals surface area contributed by atoms with E-state index in [9.17, 15) is 14.0 Å². The Kier molecular flexibility index (Phi) is 5.19. The topological polar surface area (TPSA) is 53.8 Å². The predicted octanol–water partition coefficient (Wildman–Crippen LogP) is 3.76. The Hall–Kier alpha value is -2.64. The SMILES string of the molecule is CSc1ccc(C2c3c(oc4ccc(F)cc4c3=O)C(=O)N2CCN(C)C)cc1. The van der Waals surface area contributed by atoms with Crippen molar-refractivity contribution >= 4 is 28.6 Å². The minimum atomic E-state index is -0.558. The maximum absolute atomic E-state index is 13.8. The third kappa shape index (κ3) is 3.45. The van der Waals surface area contributed by atoms with Gasteiger partial charge in [-0.2, -0.15) is 0 Å². The van der Waals surface area contributed by atoms with Crippen LogP contribution in [-0.4, -0.2) is 49.1 Å². The van der Waals surface area contributed by atoms with E-state index in [0.29, 0.717) is 13.1 Å². The minimum Gasteiger partial charge on any atom is -0.450 e. The number of hydrogen-bond acceptors (Lipinski definition) is 5. The molecule has 150 valence electrons. The van der Waals surface area contributed by atoms with Gasteiger partial charge in [0.15, 0.2) is 5.43 Å². The molecule has 3 aromatic rings. The number of hydrogen-bond donors (Lipinski definition) is 0. The fraction of sp³-hybridized carbons (Fsp3) is 0.273. The molecule has 0 radical (unpaired) electrons. The first-order chi connectivity index (χ1) is 13.9. The molecule has 0 saturated heterocycles. The van der Waals surface area contributed by atoms with Crippen molar-refractivity contribution < 1.29 is 13.6 Å². The van der Waals surface area contributed by atoms with E-state index < -0.39 is 11.9 Å². The highest BCUT2D eigenvalue weighted by atomic mass is 32.2. The zero-order valence-corrected chi connectivity index (χ0v) is 17.3. The van der Waals surface area contributed by atoms with Crippen molar-refractivity contribution in [2.45, 2.75) is 10.9 Å². The van der Waals surface area contributed by atoms with Crippen LogP contribution in [0.2, 0.25) is 0 Å². The van der Waals surface area contributed by atoms with E-state index in [1.807, 2.05) is 49.5 Å². The van der Waals surface area contributed by atoms with E-state index in [1.54, 1.807) is 16.7 Å². The van der Waals surface area contributed by atoms with Crippen molar-refractivity contribution in [3.8, 4) is 0 Å². The first kappa shape index (κ1) is 19.7. The lowest BCUT2D eigenvalue weighted by Crippen LogP contribution is -2.35. The van der Waals surface area contributed by atoms with Crippen LogP contribution in [0.15, 0.2) is 56.6 Å². The van der Waals surface area contributed by atoms with Crippen LogP contribution in [0, 0.1) is 5.82 Å². The molecular formula is C22H21FN2O3S. The molecule has 0 aliphatic carbocycles. The maximum Gasteiger partial charge on any atom is 0.290 e. The molecule has 1 atom stereocenters. The molecule has 2 aromatic carbocycles. The summed E-state index contributed by atoms with van der Waals surface area (Å²) in [5.74, 6) is -0.782. The summed E-state index contributed by atoms with van der Waals surface area (Å²) in [5.41, 5.74) is 0.968. The molecule has 1 unspecified atom stereocenters. The molecule has 7 heteroatoms. The molecule has 0 bridgehead atoms. The summed E-state index contributed by atoms with van der Waals surface area (Å²) in [6.07, 6.45) is 1.99. The molecule has 5 nitrogen and oxygen atoms in total. The number of carbonyl (C=O) groups is 1. The fourth-order valence-corrected chi connectivity index (χ4v) is 4.07. The molecular weight excluding hydrogens is 391 g/mol. The molecule has 1 amide bonds. The van der Waals surface area contributed by atoms with Gasteiger partial charge in [0, 0.05) is 18.0 Å². The van der Waals surface area contributed by atoms with Crippen molar-refractivity contribution in [2.24, 2.45) is 0 Å². The van der Waals surface area contributed by atoms with E-state index in [1.165, 1.54) is 18.2 Å². The van der Waals surface area contributed by atoms with Crippen LogP contribution in [0.4, 0.5) is 4.39 Å². The Morgan fingerprint density at radius 1 is 1.14 bits per heavy atom. The Morgan fingerprint density at radius 3 is 2.52 bits per heavy atom. The second-order valence-electron chi connectivity index (χ2n) is 7.29. The average Bonchev–Trinajstić information content (AvgIpc) is 2.99. The Bertz CT molecular complexity index is 1140. The van der Waals surface area contributed by atoms with E-state index in [4.69, 9.17) is 4.42 Å². The standard InChI is InChI=1S/C22H21FN2O3S/c1-24(2)10-11-25-19(13-4-7-15(29-3)8-5-13)18-20(26)16-12-14(23)6-9-17(16)28-21(18)22(25)27/h4-9,12,19H,10-11H2,1-3H3. The molecule has 1 aromatic heterocycles. The number of amides is 1. The molecule has 2 heterocycles. The van der Waals surface area contributed by atoms with Crippen molar-refractivity contribution in [1.82, 2.24) is 9.80 Å². The molecule has 0 spiro atoms. The zero-order valence-electron chi connectivity index (χ0n) is 16.4. The molecule has 0 fully saturated rings.